The predicted octanol–water partition coefficient (Wildman–Crippen LogP) is 6.54. The van der Waals surface area contributed by atoms with Crippen molar-refractivity contribution in [1.82, 2.24) is 19.9 Å². The minimum Gasteiger partial charge on any atom is -0.308 e. The molecule has 3 heterocycles. The third kappa shape index (κ3) is 3.78. The number of fused-ring (bicyclic) bond motifs is 7. The number of amides is 2. The molecule has 2 amide bonds. The number of hydrogen-bond acceptors (Lipinski definition) is 5. The molecule has 2 N–H and O–H groups in total. The van der Waals surface area contributed by atoms with E-state index in [4.69, 9.17) is 9.97 Å². The molecular formula is C26H15F3N6O. The summed E-state index contributed by atoms with van der Waals surface area (Å²) in [5.41, 5.74) is 3.51. The molecule has 0 aliphatic rings. The maximum atomic E-state index is 12.9. The van der Waals surface area contributed by atoms with Crippen LogP contribution in [0.25, 0.3) is 43.9 Å². The number of nitrogens with zero attached hydrogens (tertiary/aromatic N) is 4. The van der Waals surface area contributed by atoms with Crippen molar-refractivity contribution in [1.29, 1.82) is 0 Å². The Morgan fingerprint density at radius 1 is 0.667 bits per heavy atom. The first-order chi connectivity index (χ1) is 17.4. The van der Waals surface area contributed by atoms with E-state index < -0.39 is 17.8 Å². The third-order valence-corrected chi connectivity index (χ3v) is 5.72. The molecular weight excluding hydrogens is 469 g/mol. The number of benzene rings is 3. The number of halogens is 3. The normalized spacial score (nSPS) is 11.9. The van der Waals surface area contributed by atoms with E-state index in [2.05, 4.69) is 20.6 Å². The number of pyridine rings is 2. The fourth-order valence-corrected chi connectivity index (χ4v) is 4.14. The number of carbonyl (C=O) groups excluding carboxylic acids is 1. The average Bonchev–Trinajstić information content (AvgIpc) is 2.87. The van der Waals surface area contributed by atoms with Gasteiger partial charge < -0.3 is 10.6 Å². The second kappa shape index (κ2) is 8.12. The average molecular weight is 484 g/mol. The Kier molecular flexibility index (Phi) is 4.89. The molecule has 176 valence electrons. The first kappa shape index (κ1) is 21.7. The second-order valence-electron chi connectivity index (χ2n) is 8.08. The molecule has 6 rings (SSSR count). The van der Waals surface area contributed by atoms with Gasteiger partial charge in [-0.05, 0) is 60.7 Å². The number of anilines is 2. The molecule has 6 aromatic rings. The first-order valence-electron chi connectivity index (χ1n) is 10.8. The lowest BCUT2D eigenvalue weighted by molar-refractivity contribution is -0.137. The van der Waals surface area contributed by atoms with Gasteiger partial charge in [0.15, 0.2) is 0 Å². The quantitative estimate of drug-likeness (QED) is 0.215. The van der Waals surface area contributed by atoms with Gasteiger partial charge in [-0.1, -0.05) is 6.07 Å². The van der Waals surface area contributed by atoms with Crippen LogP contribution in [0.15, 0.2) is 79.1 Å². The molecule has 10 heteroatoms. The van der Waals surface area contributed by atoms with Gasteiger partial charge >= 0.3 is 12.2 Å². The molecule has 0 aliphatic carbocycles. The second-order valence-corrected chi connectivity index (χ2v) is 8.08. The van der Waals surface area contributed by atoms with Crippen LogP contribution in [0, 0.1) is 0 Å². The van der Waals surface area contributed by atoms with E-state index in [0.717, 1.165) is 28.4 Å². The molecule has 0 bridgehead atoms. The molecule has 0 spiro atoms. The third-order valence-electron chi connectivity index (χ3n) is 5.72. The summed E-state index contributed by atoms with van der Waals surface area (Å²) in [5, 5.41) is 6.69. The highest BCUT2D eigenvalue weighted by molar-refractivity contribution is 6.21. The highest BCUT2D eigenvalue weighted by atomic mass is 19.4. The van der Waals surface area contributed by atoms with Gasteiger partial charge in [-0.15, -0.1) is 0 Å². The topological polar surface area (TPSA) is 92.7 Å². The molecule has 0 saturated carbocycles. The van der Waals surface area contributed by atoms with Crippen LogP contribution in [0.2, 0.25) is 0 Å². The highest BCUT2D eigenvalue weighted by Crippen LogP contribution is 2.33. The van der Waals surface area contributed by atoms with E-state index in [9.17, 15) is 18.0 Å². The summed E-state index contributed by atoms with van der Waals surface area (Å²) in [5.74, 6) is 0. The molecule has 0 fully saturated rings. The van der Waals surface area contributed by atoms with Crippen molar-refractivity contribution in [2.45, 2.75) is 6.18 Å². The first-order valence-corrected chi connectivity index (χ1v) is 10.8. The summed E-state index contributed by atoms with van der Waals surface area (Å²) in [4.78, 5) is 31.1. The monoisotopic (exact) mass is 484 g/mol. The minimum absolute atomic E-state index is 0.0216. The van der Waals surface area contributed by atoms with Crippen molar-refractivity contribution in [3.05, 3.63) is 84.7 Å². The van der Waals surface area contributed by atoms with E-state index in [1.54, 1.807) is 30.6 Å². The Balaban J connectivity index is 1.38. The minimum atomic E-state index is -4.50. The maximum absolute atomic E-state index is 12.9. The smallest absolute Gasteiger partial charge is 0.308 e. The van der Waals surface area contributed by atoms with Crippen LogP contribution < -0.4 is 10.6 Å². The van der Waals surface area contributed by atoms with Gasteiger partial charge in [0, 0.05) is 34.5 Å². The Hall–Kier alpha value is -4.86. The zero-order chi connectivity index (χ0) is 24.9. The number of urea groups is 1. The van der Waals surface area contributed by atoms with Crippen molar-refractivity contribution < 1.29 is 18.0 Å². The molecule has 7 nitrogen and oxygen atoms in total. The highest BCUT2D eigenvalue weighted by Gasteiger charge is 2.30. The van der Waals surface area contributed by atoms with Crippen LogP contribution in [-0.2, 0) is 6.18 Å². The van der Waals surface area contributed by atoms with Gasteiger partial charge in [0.25, 0.3) is 0 Å². The SMILES string of the molecule is O=C(Nc1cccc(C(F)(F)F)c1)Nc1ccc2nc3c4cccnc4c4ncccc4c3nc2c1. The molecule has 0 aliphatic heterocycles. The fourth-order valence-electron chi connectivity index (χ4n) is 4.14. The summed E-state index contributed by atoms with van der Waals surface area (Å²) < 4.78 is 38.8. The fraction of sp³-hybridized carbons (Fsp3) is 0.0385. The van der Waals surface area contributed by atoms with Crippen LogP contribution in [0.4, 0.5) is 29.3 Å². The Bertz CT molecular complexity index is 1820. The molecule has 0 unspecified atom stereocenters. The number of hydrogen-bond donors (Lipinski definition) is 2. The zero-order valence-electron chi connectivity index (χ0n) is 18.3. The lowest BCUT2D eigenvalue weighted by Gasteiger charge is -2.12. The lowest BCUT2D eigenvalue weighted by atomic mass is 10.1. The van der Waals surface area contributed by atoms with Crippen LogP contribution in [0.3, 0.4) is 0 Å². The standard InChI is InChI=1S/C26H15F3N6O/c27-26(28,29)14-4-1-5-15(12-14)32-25(36)33-16-8-9-19-20(13-16)35-24-18-7-3-11-31-22(18)21-17(23(24)34-19)6-2-10-30-21/h1-13H,(H2,32,33,36). The number of nitrogens with one attached hydrogen (secondary N) is 2. The van der Waals surface area contributed by atoms with Crippen molar-refractivity contribution >= 4 is 61.3 Å². The van der Waals surface area contributed by atoms with Gasteiger partial charge in [-0.25, -0.2) is 14.8 Å². The Morgan fingerprint density at radius 2 is 1.28 bits per heavy atom. The van der Waals surface area contributed by atoms with Crippen molar-refractivity contribution in [2.24, 2.45) is 0 Å². The number of alkyl halides is 3. The number of carbonyl (C=O) groups is 1. The van der Waals surface area contributed by atoms with Gasteiger partial charge in [-0.3, -0.25) is 9.97 Å². The largest absolute Gasteiger partial charge is 0.416 e. The zero-order valence-corrected chi connectivity index (χ0v) is 18.3. The summed E-state index contributed by atoms with van der Waals surface area (Å²) in [6.07, 6.45) is -1.10. The summed E-state index contributed by atoms with van der Waals surface area (Å²) in [7, 11) is 0. The van der Waals surface area contributed by atoms with Crippen molar-refractivity contribution in [3.8, 4) is 0 Å². The number of rotatable bonds is 2. The summed E-state index contributed by atoms with van der Waals surface area (Å²) in [6, 6.07) is 16.2. The molecule has 3 aromatic heterocycles. The van der Waals surface area contributed by atoms with Crippen LogP contribution in [-0.4, -0.2) is 26.0 Å². The van der Waals surface area contributed by atoms with E-state index >= 15 is 0 Å². The lowest BCUT2D eigenvalue weighted by Crippen LogP contribution is -2.19. The molecule has 0 radical (unpaired) electrons. The molecule has 36 heavy (non-hydrogen) atoms. The Labute approximate surface area is 201 Å². The van der Waals surface area contributed by atoms with E-state index in [1.807, 2.05) is 24.3 Å². The van der Waals surface area contributed by atoms with Gasteiger partial charge in [0.05, 0.1) is 38.7 Å². The summed E-state index contributed by atoms with van der Waals surface area (Å²) >= 11 is 0. The van der Waals surface area contributed by atoms with E-state index in [0.29, 0.717) is 33.3 Å². The van der Waals surface area contributed by atoms with Crippen molar-refractivity contribution in [2.75, 3.05) is 10.6 Å². The van der Waals surface area contributed by atoms with E-state index in [-0.39, 0.29) is 5.69 Å². The summed E-state index contributed by atoms with van der Waals surface area (Å²) in [6.45, 7) is 0. The Morgan fingerprint density at radius 3 is 1.92 bits per heavy atom. The molecule has 0 atom stereocenters. The van der Waals surface area contributed by atoms with Crippen LogP contribution >= 0.6 is 0 Å². The van der Waals surface area contributed by atoms with Gasteiger partial charge in [-0.2, -0.15) is 13.2 Å². The van der Waals surface area contributed by atoms with Crippen LogP contribution in [0.1, 0.15) is 5.56 Å². The van der Waals surface area contributed by atoms with Gasteiger partial charge in [0.1, 0.15) is 0 Å². The maximum Gasteiger partial charge on any atom is 0.416 e. The van der Waals surface area contributed by atoms with Crippen LogP contribution in [0.5, 0.6) is 0 Å². The van der Waals surface area contributed by atoms with Crippen molar-refractivity contribution in [3.63, 3.8) is 0 Å². The number of aromatic nitrogens is 4. The predicted molar refractivity (Wildman–Crippen MR) is 132 cm³/mol. The van der Waals surface area contributed by atoms with E-state index in [1.165, 1.54) is 12.1 Å². The molecule has 3 aromatic carbocycles. The molecule has 0 saturated heterocycles. The van der Waals surface area contributed by atoms with Gasteiger partial charge in [0.2, 0.25) is 0 Å².